The Morgan fingerprint density at radius 2 is 1.77 bits per heavy atom. The second kappa shape index (κ2) is 16.2. The van der Waals surface area contributed by atoms with Crippen molar-refractivity contribution < 1.29 is 41.8 Å². The zero-order valence-corrected chi connectivity index (χ0v) is 33.7. The number of rotatable bonds is 9. The van der Waals surface area contributed by atoms with E-state index in [2.05, 4.69) is 27.4 Å². The van der Waals surface area contributed by atoms with E-state index >= 15 is 0 Å². The van der Waals surface area contributed by atoms with Crippen LogP contribution >= 0.6 is 0 Å². The quantitative estimate of drug-likeness (QED) is 0.315. The largest absolute Gasteiger partial charge is 0.471 e. The first-order chi connectivity index (χ1) is 26.4. The van der Waals surface area contributed by atoms with Crippen molar-refractivity contribution >= 4 is 44.6 Å². The van der Waals surface area contributed by atoms with Crippen molar-refractivity contribution in [3.63, 3.8) is 0 Å². The molecule has 16 nitrogen and oxygen atoms in total. The normalized spacial score (nSPS) is 29.2. The van der Waals surface area contributed by atoms with Gasteiger partial charge in [0, 0.05) is 19.4 Å². The molecule has 0 radical (unpaired) electrons. The summed E-state index contributed by atoms with van der Waals surface area (Å²) in [6.07, 6.45) is 5.22. The van der Waals surface area contributed by atoms with Crippen LogP contribution in [-0.4, -0.2) is 102 Å². The number of hydrogen-bond acceptors (Lipinski definition) is 11. The maximum Gasteiger partial charge on any atom is 0.408 e. The minimum absolute atomic E-state index is 0.0344. The topological polar surface area (TPSA) is 204 Å². The molecule has 4 aliphatic rings. The van der Waals surface area contributed by atoms with Crippen molar-refractivity contribution in [1.29, 1.82) is 0 Å². The molecule has 2 aliphatic heterocycles. The van der Waals surface area contributed by atoms with Crippen LogP contribution in [-0.2, 0) is 40.4 Å². The number of ether oxygens (including phenoxy) is 3. The predicted octanol–water partition coefficient (Wildman–Crippen LogP) is 2.78. The van der Waals surface area contributed by atoms with Gasteiger partial charge in [-0.25, -0.2) is 17.9 Å². The fourth-order valence-corrected chi connectivity index (χ4v) is 9.07. The van der Waals surface area contributed by atoms with Crippen molar-refractivity contribution in [2.24, 2.45) is 17.8 Å². The number of sulfonamides is 1. The minimum Gasteiger partial charge on any atom is -0.471 e. The van der Waals surface area contributed by atoms with Crippen LogP contribution < -0.4 is 25.7 Å². The summed E-state index contributed by atoms with van der Waals surface area (Å²) in [6.45, 7) is 9.36. The molecule has 1 aromatic carbocycles. The van der Waals surface area contributed by atoms with Crippen LogP contribution in [0.4, 0.5) is 4.79 Å². The highest BCUT2D eigenvalue weighted by Crippen LogP contribution is 2.46. The molecule has 4 amide bonds. The van der Waals surface area contributed by atoms with Gasteiger partial charge < -0.3 is 29.7 Å². The molecular formula is C39H54N6O10S. The highest BCUT2D eigenvalue weighted by atomic mass is 32.2. The number of carbonyl (C=O) groups excluding carboxylic acids is 4. The number of nitrogens with zero attached hydrogens (tertiary/aromatic N) is 3. The van der Waals surface area contributed by atoms with Gasteiger partial charge in [-0.05, 0) is 83.3 Å². The molecule has 6 rings (SSSR count). The Morgan fingerprint density at radius 3 is 2.45 bits per heavy atom. The lowest BCUT2D eigenvalue weighted by atomic mass is 9.88. The smallest absolute Gasteiger partial charge is 0.408 e. The molecule has 306 valence electrons. The minimum atomic E-state index is -3.93. The molecule has 1 saturated heterocycles. The summed E-state index contributed by atoms with van der Waals surface area (Å²) in [5.41, 5.74) is -2.73. The van der Waals surface area contributed by atoms with Crippen molar-refractivity contribution in [2.45, 2.75) is 121 Å². The molecule has 0 unspecified atom stereocenters. The number of amides is 4. The number of carbonyl (C=O) groups is 4. The van der Waals surface area contributed by atoms with E-state index in [4.69, 9.17) is 14.2 Å². The number of alkyl carbamates (subject to hydrolysis) is 1. The molecular weight excluding hydrogens is 745 g/mol. The lowest BCUT2D eigenvalue weighted by Gasteiger charge is -2.33. The summed E-state index contributed by atoms with van der Waals surface area (Å²) in [6, 6.07) is 4.56. The first-order valence-electron chi connectivity index (χ1n) is 19.4. The Bertz CT molecular complexity index is 2040. The van der Waals surface area contributed by atoms with Crippen LogP contribution in [0.5, 0.6) is 5.88 Å². The van der Waals surface area contributed by atoms with Crippen LogP contribution in [0.25, 0.3) is 10.8 Å². The maximum absolute atomic E-state index is 14.8. The summed E-state index contributed by atoms with van der Waals surface area (Å²) >= 11 is 0. The van der Waals surface area contributed by atoms with Crippen molar-refractivity contribution in [1.82, 2.24) is 30.0 Å². The summed E-state index contributed by atoms with van der Waals surface area (Å²) in [5, 5.41) is 10.3. The van der Waals surface area contributed by atoms with Crippen LogP contribution in [0.1, 0.15) is 79.6 Å². The van der Waals surface area contributed by atoms with Crippen LogP contribution in [0, 0.1) is 17.8 Å². The van der Waals surface area contributed by atoms with Gasteiger partial charge >= 0.3 is 6.09 Å². The van der Waals surface area contributed by atoms with E-state index in [0.717, 1.165) is 6.42 Å². The fraction of sp³-hybridized carbons (Fsp3) is 0.641. The number of aromatic nitrogens is 2. The first kappa shape index (κ1) is 41.1. The van der Waals surface area contributed by atoms with Gasteiger partial charge in [0.15, 0.2) is 0 Å². The molecule has 3 N–H and O–H groups in total. The first-order valence-corrected chi connectivity index (χ1v) is 21.0. The second-order valence-corrected chi connectivity index (χ2v) is 18.7. The summed E-state index contributed by atoms with van der Waals surface area (Å²) in [7, 11) is -2.42. The van der Waals surface area contributed by atoms with Crippen molar-refractivity contribution in [3.8, 4) is 5.88 Å². The summed E-state index contributed by atoms with van der Waals surface area (Å²) in [4.78, 5) is 71.0. The van der Waals surface area contributed by atoms with Gasteiger partial charge in [-0.1, -0.05) is 38.1 Å². The number of nitrogens with one attached hydrogen (secondary N) is 3. The monoisotopic (exact) mass is 798 g/mol. The van der Waals surface area contributed by atoms with E-state index in [-0.39, 0.29) is 55.8 Å². The lowest BCUT2D eigenvalue weighted by Crippen LogP contribution is -2.59. The molecule has 3 heterocycles. The number of fused-ring (bicyclic) bond motifs is 3. The molecule has 2 aromatic rings. The Balaban J connectivity index is 1.37. The molecule has 1 aromatic heterocycles. The second-order valence-electron chi connectivity index (χ2n) is 16.7. The fourth-order valence-electron chi connectivity index (χ4n) is 7.71. The van der Waals surface area contributed by atoms with E-state index in [0.29, 0.717) is 36.5 Å². The summed E-state index contributed by atoms with van der Waals surface area (Å²) in [5.74, 6) is -2.63. The van der Waals surface area contributed by atoms with E-state index in [1.165, 1.54) is 16.7 Å². The highest BCUT2D eigenvalue weighted by molar-refractivity contribution is 7.91. The molecule has 56 heavy (non-hydrogen) atoms. The Labute approximate surface area is 327 Å². The van der Waals surface area contributed by atoms with Gasteiger partial charge in [-0.15, -0.1) is 5.10 Å². The summed E-state index contributed by atoms with van der Waals surface area (Å²) < 4.78 is 46.5. The van der Waals surface area contributed by atoms with Gasteiger partial charge in [-0.2, -0.15) is 0 Å². The van der Waals surface area contributed by atoms with E-state index in [9.17, 15) is 32.4 Å². The molecule has 2 saturated carbocycles. The zero-order chi connectivity index (χ0) is 40.6. The average molecular weight is 799 g/mol. The molecule has 17 heteroatoms. The number of methoxy groups -OCH3 is 1. The van der Waals surface area contributed by atoms with Gasteiger partial charge in [0.05, 0.1) is 35.7 Å². The Kier molecular flexibility index (Phi) is 11.9. The molecule has 0 bridgehead atoms. The number of hydrogen-bond donors (Lipinski definition) is 3. The SMILES string of the molecule is COCCn1nc(O[C@@H]2C[C@H]3C(=O)N[C@]4(C(=O)NS(=O)(=O)C5CC5)C[C@H]4/C=C\CC[C@@H](C)C[C@@H](C)[C@H](NC(=O)OC(C)(C)C)C(=O)N3C2)c2ccccc2c1=O. The third-order valence-corrected chi connectivity index (χ3v) is 12.7. The van der Waals surface area contributed by atoms with Gasteiger partial charge in [0.2, 0.25) is 27.7 Å². The van der Waals surface area contributed by atoms with Crippen molar-refractivity contribution in [3.05, 3.63) is 46.8 Å². The molecule has 3 fully saturated rings. The zero-order valence-electron chi connectivity index (χ0n) is 32.9. The molecule has 2 aliphatic carbocycles. The standard InChI is InChI=1S/C39H54N6O10S/c1-23-11-7-8-12-25-21-39(25,36(49)43-56(51,52)27-15-16-27)41-32(46)30-20-26(22-44(30)35(48)31(24(2)19-23)40-37(50)55-38(3,4)5)54-33-28-13-9-10-14-29(28)34(47)45(42-33)17-18-53-6/h8-10,12-14,23-27,30-31H,7,11,15-22H2,1-6H3,(H,40,50)(H,41,46)(H,43,49)/b12-8-/t23-,24-,25-,26-,30+,31+,39-/m1/s1. The Hall–Kier alpha value is -4.51. The van der Waals surface area contributed by atoms with E-state index < -0.39 is 74.3 Å². The lowest BCUT2D eigenvalue weighted by molar-refractivity contribution is -0.142. The number of benzene rings is 1. The van der Waals surface area contributed by atoms with Crippen LogP contribution in [0.15, 0.2) is 41.2 Å². The van der Waals surface area contributed by atoms with Gasteiger partial charge in [-0.3, -0.25) is 23.9 Å². The Morgan fingerprint density at radius 1 is 1.05 bits per heavy atom. The molecule has 0 spiro atoms. The predicted molar refractivity (Wildman–Crippen MR) is 206 cm³/mol. The van der Waals surface area contributed by atoms with Gasteiger partial charge in [0.1, 0.15) is 29.3 Å². The van der Waals surface area contributed by atoms with E-state index in [1.807, 2.05) is 19.1 Å². The molecule has 7 atom stereocenters. The van der Waals surface area contributed by atoms with Crippen LogP contribution in [0.3, 0.4) is 0 Å². The van der Waals surface area contributed by atoms with E-state index in [1.54, 1.807) is 45.0 Å². The third-order valence-electron chi connectivity index (χ3n) is 10.9. The van der Waals surface area contributed by atoms with Crippen molar-refractivity contribution in [2.75, 3.05) is 20.3 Å². The van der Waals surface area contributed by atoms with Crippen LogP contribution in [0.2, 0.25) is 0 Å². The van der Waals surface area contributed by atoms with Gasteiger partial charge in [0.25, 0.3) is 11.5 Å². The number of allylic oxidation sites excluding steroid dienone is 1. The maximum atomic E-state index is 14.8. The highest BCUT2D eigenvalue weighted by Gasteiger charge is 2.62. The average Bonchev–Trinajstić information content (AvgIpc) is 4.05. The third kappa shape index (κ3) is 9.20.